The van der Waals surface area contributed by atoms with Gasteiger partial charge < -0.3 is 10.1 Å². The summed E-state index contributed by atoms with van der Waals surface area (Å²) in [5.74, 6) is 0.868. The SMILES string of the molecule is O=C(N[C@H]1CCOc2ccccc21)c1cccs1. The molecule has 0 fully saturated rings. The highest BCUT2D eigenvalue weighted by Crippen LogP contribution is 2.31. The summed E-state index contributed by atoms with van der Waals surface area (Å²) in [6, 6.07) is 11.6. The zero-order valence-corrected chi connectivity index (χ0v) is 10.6. The Kier molecular flexibility index (Phi) is 3.02. The van der Waals surface area contributed by atoms with Crippen LogP contribution < -0.4 is 10.1 Å². The average Bonchev–Trinajstić information content (AvgIpc) is 2.93. The van der Waals surface area contributed by atoms with Gasteiger partial charge in [-0.25, -0.2) is 0 Å². The van der Waals surface area contributed by atoms with Gasteiger partial charge in [0.25, 0.3) is 5.91 Å². The Morgan fingerprint density at radius 3 is 3.00 bits per heavy atom. The van der Waals surface area contributed by atoms with E-state index >= 15 is 0 Å². The molecule has 1 aliphatic rings. The summed E-state index contributed by atoms with van der Waals surface area (Å²) < 4.78 is 5.58. The largest absolute Gasteiger partial charge is 0.493 e. The van der Waals surface area contributed by atoms with E-state index < -0.39 is 0 Å². The van der Waals surface area contributed by atoms with Gasteiger partial charge in [-0.2, -0.15) is 0 Å². The molecule has 0 unspecified atom stereocenters. The molecule has 1 atom stereocenters. The molecule has 2 heterocycles. The third kappa shape index (κ3) is 2.11. The molecule has 1 aromatic carbocycles. The van der Waals surface area contributed by atoms with E-state index in [2.05, 4.69) is 5.32 Å². The molecule has 18 heavy (non-hydrogen) atoms. The summed E-state index contributed by atoms with van der Waals surface area (Å²) in [7, 11) is 0. The highest BCUT2D eigenvalue weighted by atomic mass is 32.1. The van der Waals surface area contributed by atoms with Crippen molar-refractivity contribution in [1.82, 2.24) is 5.32 Å². The maximum Gasteiger partial charge on any atom is 0.261 e. The van der Waals surface area contributed by atoms with Gasteiger partial charge in [-0.1, -0.05) is 24.3 Å². The minimum absolute atomic E-state index is 0.00768. The fourth-order valence-corrected chi connectivity index (χ4v) is 2.76. The van der Waals surface area contributed by atoms with Gasteiger partial charge in [0, 0.05) is 12.0 Å². The van der Waals surface area contributed by atoms with Gasteiger partial charge in [-0.15, -0.1) is 11.3 Å². The van der Waals surface area contributed by atoms with Crippen molar-refractivity contribution in [2.75, 3.05) is 6.61 Å². The number of hydrogen-bond donors (Lipinski definition) is 1. The number of nitrogens with one attached hydrogen (secondary N) is 1. The highest BCUT2D eigenvalue weighted by molar-refractivity contribution is 7.12. The van der Waals surface area contributed by atoms with Crippen molar-refractivity contribution in [3.05, 3.63) is 52.2 Å². The molecule has 0 spiro atoms. The van der Waals surface area contributed by atoms with Gasteiger partial charge >= 0.3 is 0 Å². The number of carbonyl (C=O) groups is 1. The second kappa shape index (κ2) is 4.82. The molecule has 4 heteroatoms. The molecule has 0 saturated carbocycles. The van der Waals surface area contributed by atoms with E-state index in [1.165, 1.54) is 11.3 Å². The summed E-state index contributed by atoms with van der Waals surface area (Å²) in [5.41, 5.74) is 1.06. The van der Waals surface area contributed by atoms with Crippen molar-refractivity contribution >= 4 is 17.2 Å². The molecule has 1 N–H and O–H groups in total. The quantitative estimate of drug-likeness (QED) is 0.900. The van der Waals surface area contributed by atoms with Crippen molar-refractivity contribution in [1.29, 1.82) is 0 Å². The van der Waals surface area contributed by atoms with Crippen LogP contribution in [0.5, 0.6) is 5.75 Å². The van der Waals surface area contributed by atoms with Gasteiger partial charge in [0.15, 0.2) is 0 Å². The van der Waals surface area contributed by atoms with Crippen molar-refractivity contribution < 1.29 is 9.53 Å². The molecule has 1 aromatic heterocycles. The monoisotopic (exact) mass is 259 g/mol. The first kappa shape index (κ1) is 11.3. The number of ether oxygens (including phenoxy) is 1. The fourth-order valence-electron chi connectivity index (χ4n) is 2.13. The Labute approximate surface area is 109 Å². The van der Waals surface area contributed by atoms with Crippen LogP contribution in [0.15, 0.2) is 41.8 Å². The predicted octanol–water partition coefficient (Wildman–Crippen LogP) is 3.00. The average molecular weight is 259 g/mol. The van der Waals surface area contributed by atoms with Crippen LogP contribution in [-0.4, -0.2) is 12.5 Å². The summed E-state index contributed by atoms with van der Waals surface area (Å²) in [6.07, 6.45) is 0.814. The van der Waals surface area contributed by atoms with E-state index in [1.807, 2.05) is 41.8 Å². The number of para-hydroxylation sites is 1. The third-order valence-electron chi connectivity index (χ3n) is 3.01. The molecule has 2 aromatic rings. The van der Waals surface area contributed by atoms with Crippen LogP contribution in [0.2, 0.25) is 0 Å². The molecule has 0 aliphatic carbocycles. The number of benzene rings is 1. The van der Waals surface area contributed by atoms with Crippen LogP contribution >= 0.6 is 11.3 Å². The van der Waals surface area contributed by atoms with Gasteiger partial charge in [0.2, 0.25) is 0 Å². The van der Waals surface area contributed by atoms with Crippen LogP contribution in [-0.2, 0) is 0 Å². The fraction of sp³-hybridized carbons (Fsp3) is 0.214. The lowest BCUT2D eigenvalue weighted by Gasteiger charge is -2.26. The summed E-state index contributed by atoms with van der Waals surface area (Å²) >= 11 is 1.46. The molecular weight excluding hydrogens is 246 g/mol. The second-order valence-electron chi connectivity index (χ2n) is 4.18. The van der Waals surface area contributed by atoms with Crippen LogP contribution in [0.25, 0.3) is 0 Å². The zero-order valence-electron chi connectivity index (χ0n) is 9.76. The van der Waals surface area contributed by atoms with E-state index in [1.54, 1.807) is 0 Å². The molecular formula is C14H13NO2S. The first-order chi connectivity index (χ1) is 8.84. The highest BCUT2D eigenvalue weighted by Gasteiger charge is 2.23. The Morgan fingerprint density at radius 2 is 2.17 bits per heavy atom. The van der Waals surface area contributed by atoms with Crippen LogP contribution in [0, 0.1) is 0 Å². The van der Waals surface area contributed by atoms with E-state index in [4.69, 9.17) is 4.74 Å². The minimum atomic E-state index is -0.00768. The van der Waals surface area contributed by atoms with E-state index in [-0.39, 0.29) is 11.9 Å². The third-order valence-corrected chi connectivity index (χ3v) is 3.88. The topological polar surface area (TPSA) is 38.3 Å². The summed E-state index contributed by atoms with van der Waals surface area (Å²) in [6.45, 7) is 0.645. The van der Waals surface area contributed by atoms with Crippen molar-refractivity contribution in [2.24, 2.45) is 0 Å². The smallest absolute Gasteiger partial charge is 0.261 e. The normalized spacial score (nSPS) is 17.7. The molecule has 1 aliphatic heterocycles. The van der Waals surface area contributed by atoms with Gasteiger partial charge in [0.05, 0.1) is 17.5 Å². The minimum Gasteiger partial charge on any atom is -0.493 e. The van der Waals surface area contributed by atoms with E-state index in [0.717, 1.165) is 22.6 Å². The standard InChI is InChI=1S/C14H13NO2S/c16-14(13-6-3-9-18-13)15-11-7-8-17-12-5-2-1-4-10(11)12/h1-6,9,11H,7-8H2,(H,15,16)/t11-/m0/s1. The number of amides is 1. The van der Waals surface area contributed by atoms with E-state index in [0.29, 0.717) is 6.61 Å². The maximum atomic E-state index is 12.0. The lowest BCUT2D eigenvalue weighted by atomic mass is 10.0. The zero-order chi connectivity index (χ0) is 12.4. The first-order valence-corrected chi connectivity index (χ1v) is 6.78. The molecule has 0 radical (unpaired) electrons. The molecule has 0 bridgehead atoms. The summed E-state index contributed by atoms with van der Waals surface area (Å²) in [4.78, 5) is 12.8. The number of fused-ring (bicyclic) bond motifs is 1. The predicted molar refractivity (Wildman–Crippen MR) is 71.1 cm³/mol. The number of carbonyl (C=O) groups excluding carboxylic acids is 1. The first-order valence-electron chi connectivity index (χ1n) is 5.91. The molecule has 3 rings (SSSR count). The van der Waals surface area contributed by atoms with Crippen molar-refractivity contribution in [2.45, 2.75) is 12.5 Å². The van der Waals surface area contributed by atoms with Gasteiger partial charge in [-0.05, 0) is 17.5 Å². The van der Waals surface area contributed by atoms with Crippen molar-refractivity contribution in [3.63, 3.8) is 0 Å². The van der Waals surface area contributed by atoms with E-state index in [9.17, 15) is 4.79 Å². The van der Waals surface area contributed by atoms with Crippen LogP contribution in [0.3, 0.4) is 0 Å². The second-order valence-corrected chi connectivity index (χ2v) is 5.13. The Hall–Kier alpha value is -1.81. The number of hydrogen-bond acceptors (Lipinski definition) is 3. The van der Waals surface area contributed by atoms with Crippen LogP contribution in [0.1, 0.15) is 27.7 Å². The molecule has 3 nitrogen and oxygen atoms in total. The van der Waals surface area contributed by atoms with Gasteiger partial charge in [0.1, 0.15) is 5.75 Å². The molecule has 1 amide bonds. The lowest BCUT2D eigenvalue weighted by molar-refractivity contribution is 0.0929. The number of thiophene rings is 1. The van der Waals surface area contributed by atoms with Crippen LogP contribution in [0.4, 0.5) is 0 Å². The van der Waals surface area contributed by atoms with Gasteiger partial charge in [-0.3, -0.25) is 4.79 Å². The summed E-state index contributed by atoms with van der Waals surface area (Å²) in [5, 5.41) is 4.98. The maximum absolute atomic E-state index is 12.0. The Morgan fingerprint density at radius 1 is 1.28 bits per heavy atom. The number of rotatable bonds is 2. The Balaban J connectivity index is 1.80. The molecule has 92 valence electrons. The molecule has 0 saturated heterocycles. The van der Waals surface area contributed by atoms with Crippen molar-refractivity contribution in [3.8, 4) is 5.75 Å². The Bertz CT molecular complexity index is 551. The lowest BCUT2D eigenvalue weighted by Crippen LogP contribution is -2.31.